The topological polar surface area (TPSA) is 90.5 Å². The minimum atomic E-state index is -1.51. The molecule has 4 N–H and O–H groups in total. The highest BCUT2D eigenvalue weighted by Crippen LogP contribution is 2.17. The summed E-state index contributed by atoms with van der Waals surface area (Å²) in [6.45, 7) is 4.28. The molecular weight excluding hydrogens is 349 g/mol. The molecule has 3 rings (SSSR count). The Kier molecular flexibility index (Phi) is 5.53. The highest BCUT2D eigenvalue weighted by molar-refractivity contribution is 5.93. The van der Waals surface area contributed by atoms with Gasteiger partial charge in [-0.3, -0.25) is 14.9 Å². The molecular formula is C20H22FN3O3. The SMILES string of the molecule is Cc1ccc(CNC(=O)C2NC(c3ccc(F)cc3)NC(=O)C2O)cc1C. The van der Waals surface area contributed by atoms with Gasteiger partial charge in [-0.05, 0) is 48.2 Å². The Morgan fingerprint density at radius 3 is 2.52 bits per heavy atom. The van der Waals surface area contributed by atoms with Gasteiger partial charge >= 0.3 is 0 Å². The molecule has 3 unspecified atom stereocenters. The standard InChI is InChI=1S/C20H22FN3O3/c1-11-3-4-13(9-12(11)2)10-22-19(26)16-17(25)20(27)24-18(23-16)14-5-7-15(21)8-6-14/h3-9,16-18,23,25H,10H2,1-2H3,(H,22,26)(H,24,27). The Labute approximate surface area is 156 Å². The summed E-state index contributed by atoms with van der Waals surface area (Å²) in [5.74, 6) is -1.54. The van der Waals surface area contributed by atoms with Gasteiger partial charge in [-0.2, -0.15) is 0 Å². The van der Waals surface area contributed by atoms with Crippen molar-refractivity contribution in [1.82, 2.24) is 16.0 Å². The van der Waals surface area contributed by atoms with Gasteiger partial charge < -0.3 is 15.7 Å². The molecule has 1 aliphatic heterocycles. The summed E-state index contributed by atoms with van der Waals surface area (Å²) in [6.07, 6.45) is -2.21. The highest BCUT2D eigenvalue weighted by atomic mass is 19.1. The van der Waals surface area contributed by atoms with Gasteiger partial charge in [0.2, 0.25) is 5.91 Å². The number of halogens is 1. The van der Waals surface area contributed by atoms with Gasteiger partial charge in [0.15, 0.2) is 6.10 Å². The van der Waals surface area contributed by atoms with E-state index in [0.29, 0.717) is 5.56 Å². The fourth-order valence-corrected chi connectivity index (χ4v) is 2.96. The molecule has 2 amide bonds. The maximum atomic E-state index is 13.1. The van der Waals surface area contributed by atoms with Gasteiger partial charge in [-0.25, -0.2) is 4.39 Å². The molecule has 1 saturated heterocycles. The van der Waals surface area contributed by atoms with Crippen LogP contribution in [0, 0.1) is 19.7 Å². The number of aryl methyl sites for hydroxylation is 2. The number of carbonyl (C=O) groups excluding carboxylic acids is 2. The van der Waals surface area contributed by atoms with E-state index >= 15 is 0 Å². The van der Waals surface area contributed by atoms with E-state index in [0.717, 1.165) is 16.7 Å². The fraction of sp³-hybridized carbons (Fsp3) is 0.300. The zero-order chi connectivity index (χ0) is 19.6. The number of hydrogen-bond acceptors (Lipinski definition) is 4. The van der Waals surface area contributed by atoms with Crippen LogP contribution >= 0.6 is 0 Å². The molecule has 0 saturated carbocycles. The van der Waals surface area contributed by atoms with Crippen LogP contribution in [-0.4, -0.2) is 29.1 Å². The number of aliphatic hydroxyl groups excluding tert-OH is 1. The maximum Gasteiger partial charge on any atom is 0.252 e. The van der Waals surface area contributed by atoms with Crippen molar-refractivity contribution in [3.05, 3.63) is 70.5 Å². The number of aliphatic hydroxyl groups is 1. The number of hydrogen-bond donors (Lipinski definition) is 4. The van der Waals surface area contributed by atoms with Crippen LogP contribution in [0.25, 0.3) is 0 Å². The highest BCUT2D eigenvalue weighted by Gasteiger charge is 2.39. The minimum absolute atomic E-state index is 0.285. The molecule has 1 heterocycles. The van der Waals surface area contributed by atoms with Crippen LogP contribution in [0.4, 0.5) is 4.39 Å². The molecule has 0 spiro atoms. The van der Waals surface area contributed by atoms with E-state index in [1.54, 1.807) is 0 Å². The summed E-state index contributed by atoms with van der Waals surface area (Å²) in [5.41, 5.74) is 3.79. The lowest BCUT2D eigenvalue weighted by atomic mass is 10.0. The van der Waals surface area contributed by atoms with Crippen LogP contribution in [0.1, 0.15) is 28.4 Å². The summed E-state index contributed by atoms with van der Waals surface area (Å²) in [6, 6.07) is 10.3. The van der Waals surface area contributed by atoms with Gasteiger partial charge in [-0.1, -0.05) is 30.3 Å². The molecule has 27 heavy (non-hydrogen) atoms. The molecule has 142 valence electrons. The van der Waals surface area contributed by atoms with Gasteiger partial charge in [0.1, 0.15) is 18.0 Å². The van der Waals surface area contributed by atoms with Crippen molar-refractivity contribution >= 4 is 11.8 Å². The molecule has 0 bridgehead atoms. The third-order valence-electron chi connectivity index (χ3n) is 4.74. The van der Waals surface area contributed by atoms with Crippen molar-refractivity contribution in [2.75, 3.05) is 0 Å². The van der Waals surface area contributed by atoms with Crippen LogP contribution < -0.4 is 16.0 Å². The van der Waals surface area contributed by atoms with Gasteiger partial charge in [0.05, 0.1) is 0 Å². The first-order valence-electron chi connectivity index (χ1n) is 8.69. The summed E-state index contributed by atoms with van der Waals surface area (Å²) in [5, 5.41) is 18.3. The molecule has 1 fully saturated rings. The monoisotopic (exact) mass is 371 g/mol. The third-order valence-corrected chi connectivity index (χ3v) is 4.74. The molecule has 2 aromatic carbocycles. The maximum absolute atomic E-state index is 13.1. The summed E-state index contributed by atoms with van der Waals surface area (Å²) in [7, 11) is 0. The van der Waals surface area contributed by atoms with Crippen molar-refractivity contribution in [3.8, 4) is 0 Å². The normalized spacial score (nSPS) is 22.2. The lowest BCUT2D eigenvalue weighted by molar-refractivity contribution is -0.142. The fourth-order valence-electron chi connectivity index (χ4n) is 2.96. The van der Waals surface area contributed by atoms with Gasteiger partial charge in [0.25, 0.3) is 5.91 Å². The van der Waals surface area contributed by atoms with Crippen LogP contribution in [0.2, 0.25) is 0 Å². The predicted molar refractivity (Wildman–Crippen MR) is 98.0 cm³/mol. The molecule has 6 nitrogen and oxygen atoms in total. The molecule has 7 heteroatoms. The van der Waals surface area contributed by atoms with Crippen molar-refractivity contribution in [1.29, 1.82) is 0 Å². The third kappa shape index (κ3) is 4.32. The first-order chi connectivity index (χ1) is 12.8. The van der Waals surface area contributed by atoms with Gasteiger partial charge in [-0.15, -0.1) is 0 Å². The van der Waals surface area contributed by atoms with Crippen LogP contribution in [0.3, 0.4) is 0 Å². The molecule has 3 atom stereocenters. The molecule has 2 aromatic rings. The second-order valence-electron chi connectivity index (χ2n) is 6.72. The van der Waals surface area contributed by atoms with E-state index in [4.69, 9.17) is 0 Å². The smallest absolute Gasteiger partial charge is 0.252 e. The number of benzene rings is 2. The van der Waals surface area contributed by atoms with Crippen LogP contribution in [-0.2, 0) is 16.1 Å². The van der Waals surface area contributed by atoms with E-state index < -0.39 is 35.9 Å². The van der Waals surface area contributed by atoms with E-state index in [-0.39, 0.29) is 6.54 Å². The average Bonchev–Trinajstić information content (AvgIpc) is 2.65. The Balaban J connectivity index is 1.69. The zero-order valence-corrected chi connectivity index (χ0v) is 15.1. The van der Waals surface area contributed by atoms with Crippen LogP contribution in [0.15, 0.2) is 42.5 Å². The number of nitrogens with one attached hydrogen (secondary N) is 3. The summed E-state index contributed by atoms with van der Waals surface area (Å²) >= 11 is 0. The molecule has 0 aliphatic carbocycles. The summed E-state index contributed by atoms with van der Waals surface area (Å²) in [4.78, 5) is 24.6. The van der Waals surface area contributed by atoms with Crippen molar-refractivity contribution in [2.45, 2.75) is 38.7 Å². The quantitative estimate of drug-likeness (QED) is 0.650. The first kappa shape index (κ1) is 19.0. The van der Waals surface area contributed by atoms with E-state index in [1.807, 2.05) is 32.0 Å². The lowest BCUT2D eigenvalue weighted by Crippen LogP contribution is -2.64. The van der Waals surface area contributed by atoms with E-state index in [1.165, 1.54) is 24.3 Å². The molecule has 0 aromatic heterocycles. The van der Waals surface area contributed by atoms with Crippen molar-refractivity contribution in [2.24, 2.45) is 0 Å². The Hall–Kier alpha value is -2.77. The zero-order valence-electron chi connectivity index (χ0n) is 15.1. The first-order valence-corrected chi connectivity index (χ1v) is 8.69. The number of amides is 2. The Bertz CT molecular complexity index is 854. The van der Waals surface area contributed by atoms with E-state index in [9.17, 15) is 19.1 Å². The molecule has 1 aliphatic rings. The second-order valence-corrected chi connectivity index (χ2v) is 6.72. The summed E-state index contributed by atoms with van der Waals surface area (Å²) < 4.78 is 13.1. The van der Waals surface area contributed by atoms with Crippen molar-refractivity contribution < 1.29 is 19.1 Å². The lowest BCUT2D eigenvalue weighted by Gasteiger charge is -2.34. The molecule has 0 radical (unpaired) electrons. The van der Waals surface area contributed by atoms with Crippen molar-refractivity contribution in [3.63, 3.8) is 0 Å². The van der Waals surface area contributed by atoms with E-state index in [2.05, 4.69) is 16.0 Å². The number of carbonyl (C=O) groups is 2. The predicted octanol–water partition coefficient (Wildman–Crippen LogP) is 1.21. The second kappa shape index (κ2) is 7.85. The Morgan fingerprint density at radius 2 is 1.85 bits per heavy atom. The number of rotatable bonds is 4. The Morgan fingerprint density at radius 1 is 1.15 bits per heavy atom. The van der Waals surface area contributed by atoms with Crippen LogP contribution in [0.5, 0.6) is 0 Å². The largest absolute Gasteiger partial charge is 0.381 e. The average molecular weight is 371 g/mol. The minimum Gasteiger partial charge on any atom is -0.381 e. The van der Waals surface area contributed by atoms with Gasteiger partial charge in [0, 0.05) is 6.54 Å².